The maximum Gasteiger partial charge on any atom is 0.238 e. The Balaban J connectivity index is 1.24. The molecule has 0 bridgehead atoms. The lowest BCUT2D eigenvalue weighted by molar-refractivity contribution is 0.651. The summed E-state index contributed by atoms with van der Waals surface area (Å²) in [6.45, 7) is 0. The van der Waals surface area contributed by atoms with Gasteiger partial charge in [-0.05, 0) is 50.5 Å². The van der Waals surface area contributed by atoms with Gasteiger partial charge in [0.15, 0.2) is 0 Å². The van der Waals surface area contributed by atoms with Crippen molar-refractivity contribution in [2.45, 2.75) is 0 Å². The topological polar surface area (TPSA) is 43.9 Å². The minimum Gasteiger partial charge on any atom is -0.437 e. The Hall–Kier alpha value is -7.08. The summed E-state index contributed by atoms with van der Waals surface area (Å²) in [6.07, 6.45) is 0. The third-order valence-electron chi connectivity index (χ3n) is 11.6. The summed E-state index contributed by atoms with van der Waals surface area (Å²) in [7, 11) is 0. The lowest BCUT2D eigenvalue weighted by Gasteiger charge is -2.13. The minimum absolute atomic E-state index is 0.576. The maximum atomic E-state index is 6.65. The Bertz CT molecular complexity index is 3760. The normalized spacial score (nSPS) is 12.4. The molecule has 4 heterocycles. The average Bonchev–Trinajstić information content (AvgIpc) is 3.93. The van der Waals surface area contributed by atoms with Crippen molar-refractivity contribution in [3.8, 4) is 17.2 Å². The zero-order valence-electron chi connectivity index (χ0n) is 29.2. The first-order valence-electron chi connectivity index (χ1n) is 18.6. The third kappa shape index (κ3) is 3.89. The first kappa shape index (κ1) is 29.4. The summed E-state index contributed by atoms with van der Waals surface area (Å²) >= 11 is 1.82. The molecule has 0 saturated heterocycles. The SMILES string of the molecule is c1ccc2c(c1)ccc1c3c4c5ccccc5c5ccccc5c4ccc3n(-c3nc(-c4cccc5c4sc4ccccc45)c4c(n3)oc3ccccc34)c21. The van der Waals surface area contributed by atoms with Gasteiger partial charge in [-0.3, -0.25) is 4.57 Å². The van der Waals surface area contributed by atoms with Crippen molar-refractivity contribution in [1.29, 1.82) is 0 Å². The molecular formula is C50H27N3OS. The van der Waals surface area contributed by atoms with Crippen molar-refractivity contribution in [2.24, 2.45) is 0 Å². The Morgan fingerprint density at radius 1 is 0.436 bits per heavy atom. The molecule has 55 heavy (non-hydrogen) atoms. The molecule has 0 fully saturated rings. The van der Waals surface area contributed by atoms with E-state index < -0.39 is 0 Å². The van der Waals surface area contributed by atoms with Crippen molar-refractivity contribution in [2.75, 3.05) is 0 Å². The van der Waals surface area contributed by atoms with E-state index in [9.17, 15) is 0 Å². The molecule has 9 aromatic carbocycles. The highest BCUT2D eigenvalue weighted by atomic mass is 32.1. The quantitative estimate of drug-likeness (QED) is 0.167. The van der Waals surface area contributed by atoms with Crippen LogP contribution in [-0.4, -0.2) is 14.5 Å². The number of aromatic nitrogens is 3. The highest BCUT2D eigenvalue weighted by molar-refractivity contribution is 7.26. The lowest BCUT2D eigenvalue weighted by Crippen LogP contribution is -2.03. The fourth-order valence-electron chi connectivity index (χ4n) is 9.31. The summed E-state index contributed by atoms with van der Waals surface area (Å²) in [5, 5.41) is 16.6. The smallest absolute Gasteiger partial charge is 0.238 e. The number of para-hydroxylation sites is 1. The van der Waals surface area contributed by atoms with E-state index >= 15 is 0 Å². The van der Waals surface area contributed by atoms with Gasteiger partial charge in [0, 0.05) is 52.7 Å². The molecule has 0 N–H and O–H groups in total. The molecule has 13 aromatic rings. The summed E-state index contributed by atoms with van der Waals surface area (Å²) < 4.78 is 11.4. The molecule has 254 valence electrons. The average molecular weight is 718 g/mol. The van der Waals surface area contributed by atoms with Gasteiger partial charge in [-0.25, -0.2) is 4.98 Å². The number of thiophene rings is 1. The van der Waals surface area contributed by atoms with Gasteiger partial charge >= 0.3 is 0 Å². The predicted octanol–water partition coefficient (Wildman–Crippen LogP) is 14.1. The van der Waals surface area contributed by atoms with Gasteiger partial charge in [-0.1, -0.05) is 146 Å². The first-order valence-corrected chi connectivity index (χ1v) is 19.4. The van der Waals surface area contributed by atoms with E-state index in [0.29, 0.717) is 11.7 Å². The number of rotatable bonds is 2. The Kier molecular flexibility index (Phi) is 5.74. The van der Waals surface area contributed by atoms with Crippen LogP contribution in [0.5, 0.6) is 0 Å². The molecule has 5 heteroatoms. The van der Waals surface area contributed by atoms with Crippen LogP contribution >= 0.6 is 11.3 Å². The van der Waals surface area contributed by atoms with Crippen LogP contribution in [-0.2, 0) is 0 Å². The summed E-state index contributed by atoms with van der Waals surface area (Å²) in [5.41, 5.74) is 5.46. The van der Waals surface area contributed by atoms with Crippen LogP contribution in [0.3, 0.4) is 0 Å². The van der Waals surface area contributed by atoms with Gasteiger partial charge in [0.2, 0.25) is 11.7 Å². The van der Waals surface area contributed by atoms with E-state index in [-0.39, 0.29) is 0 Å². The fraction of sp³-hybridized carbons (Fsp3) is 0. The number of furan rings is 1. The number of fused-ring (bicyclic) bond motifs is 18. The zero-order valence-corrected chi connectivity index (χ0v) is 30.1. The second-order valence-electron chi connectivity index (χ2n) is 14.4. The van der Waals surface area contributed by atoms with Gasteiger partial charge in [0.05, 0.1) is 22.1 Å². The van der Waals surface area contributed by atoms with E-state index in [4.69, 9.17) is 14.4 Å². The molecule has 13 rings (SSSR count). The van der Waals surface area contributed by atoms with Crippen LogP contribution in [0.4, 0.5) is 0 Å². The van der Waals surface area contributed by atoms with Gasteiger partial charge in [0.1, 0.15) is 5.58 Å². The van der Waals surface area contributed by atoms with Gasteiger partial charge in [-0.15, -0.1) is 11.3 Å². The molecular weight excluding hydrogens is 691 g/mol. The highest BCUT2D eigenvalue weighted by Crippen LogP contribution is 2.47. The van der Waals surface area contributed by atoms with Gasteiger partial charge < -0.3 is 4.42 Å². The molecule has 0 spiro atoms. The molecule has 0 aliphatic heterocycles. The van der Waals surface area contributed by atoms with Gasteiger partial charge in [-0.2, -0.15) is 4.98 Å². The Morgan fingerprint density at radius 2 is 1.07 bits per heavy atom. The van der Waals surface area contributed by atoms with Crippen molar-refractivity contribution < 1.29 is 4.42 Å². The van der Waals surface area contributed by atoms with Crippen molar-refractivity contribution >= 4 is 118 Å². The second kappa shape index (κ2) is 10.8. The van der Waals surface area contributed by atoms with Crippen LogP contribution in [0.1, 0.15) is 0 Å². The summed E-state index contributed by atoms with van der Waals surface area (Å²) in [6, 6.07) is 58.8. The Morgan fingerprint density at radius 3 is 1.91 bits per heavy atom. The van der Waals surface area contributed by atoms with Crippen molar-refractivity contribution in [1.82, 2.24) is 14.5 Å². The highest BCUT2D eigenvalue weighted by Gasteiger charge is 2.25. The number of hydrogen-bond acceptors (Lipinski definition) is 4. The molecule has 0 radical (unpaired) electrons. The monoisotopic (exact) mass is 717 g/mol. The molecule has 0 unspecified atom stereocenters. The second-order valence-corrected chi connectivity index (χ2v) is 15.5. The van der Waals surface area contributed by atoms with Crippen molar-refractivity contribution in [3.05, 3.63) is 164 Å². The zero-order chi connectivity index (χ0) is 35.8. The number of nitrogens with zero attached hydrogens (tertiary/aromatic N) is 3. The molecule has 0 aliphatic rings. The van der Waals surface area contributed by atoms with Crippen LogP contribution in [0.25, 0.3) is 124 Å². The number of hydrogen-bond donors (Lipinski definition) is 0. The molecule has 4 aromatic heterocycles. The van der Waals surface area contributed by atoms with E-state index in [1.54, 1.807) is 0 Å². The van der Waals surface area contributed by atoms with Crippen LogP contribution in [0.15, 0.2) is 168 Å². The molecule has 4 nitrogen and oxygen atoms in total. The fourth-order valence-corrected chi connectivity index (χ4v) is 10.5. The molecule has 0 aliphatic carbocycles. The maximum absolute atomic E-state index is 6.65. The van der Waals surface area contributed by atoms with Gasteiger partial charge in [0.25, 0.3) is 0 Å². The van der Waals surface area contributed by atoms with Crippen LogP contribution < -0.4 is 0 Å². The van der Waals surface area contributed by atoms with E-state index in [1.165, 1.54) is 68.6 Å². The molecule has 0 amide bonds. The predicted molar refractivity (Wildman–Crippen MR) is 232 cm³/mol. The van der Waals surface area contributed by atoms with E-state index in [1.807, 2.05) is 23.5 Å². The first-order chi connectivity index (χ1) is 27.3. The standard InChI is InChI=1S/C50H27N3OS/c1-2-13-29-28(12-1)24-25-38-44-40(27-26-35-32-16-4-3-14-30(32)31-15-5-6-18-34(31)43(35)44)53(47(29)38)50-51-46(45-37-19-7-9-22-41(37)54-49(45)52-50)39-21-11-20-36-33-17-8-10-23-42(33)55-48(36)39/h1-27H. The lowest BCUT2D eigenvalue weighted by atomic mass is 9.91. The third-order valence-corrected chi connectivity index (χ3v) is 12.8. The van der Waals surface area contributed by atoms with Crippen molar-refractivity contribution in [3.63, 3.8) is 0 Å². The van der Waals surface area contributed by atoms with E-state index in [0.717, 1.165) is 44.0 Å². The summed E-state index contributed by atoms with van der Waals surface area (Å²) in [5.74, 6) is 0.584. The molecule has 0 atom stereocenters. The van der Waals surface area contributed by atoms with Crippen LogP contribution in [0, 0.1) is 0 Å². The summed E-state index contributed by atoms with van der Waals surface area (Å²) in [4.78, 5) is 11.0. The minimum atomic E-state index is 0.576. The number of benzene rings is 9. The van der Waals surface area contributed by atoms with Crippen LogP contribution in [0.2, 0.25) is 0 Å². The largest absolute Gasteiger partial charge is 0.437 e. The Labute approximate surface area is 317 Å². The molecule has 0 saturated carbocycles. The van der Waals surface area contributed by atoms with E-state index in [2.05, 4.69) is 156 Å².